The van der Waals surface area contributed by atoms with Crippen LogP contribution < -0.4 is 15.2 Å². The smallest absolute Gasteiger partial charge is 0.404 e. The van der Waals surface area contributed by atoms with E-state index in [0.717, 1.165) is 0 Å². The molecule has 0 fully saturated rings. The Morgan fingerprint density at radius 2 is 2.06 bits per heavy atom. The monoisotopic (exact) mass is 256 g/mol. The summed E-state index contributed by atoms with van der Waals surface area (Å²) in [6.07, 6.45) is -1.02. The van der Waals surface area contributed by atoms with E-state index in [-0.39, 0.29) is 23.6 Å². The van der Waals surface area contributed by atoms with E-state index in [1.165, 1.54) is 26.4 Å². The largest absolute Gasteiger partial charge is 0.497 e. The van der Waals surface area contributed by atoms with Crippen LogP contribution in [0, 0.1) is 10.1 Å². The first-order valence-electron chi connectivity index (χ1n) is 4.81. The van der Waals surface area contributed by atoms with E-state index in [4.69, 9.17) is 15.2 Å². The van der Waals surface area contributed by atoms with E-state index in [1.54, 1.807) is 0 Å². The molecular weight excluding hydrogens is 244 g/mol. The van der Waals surface area contributed by atoms with Gasteiger partial charge in [0.1, 0.15) is 12.4 Å². The quantitative estimate of drug-likeness (QED) is 0.625. The molecule has 1 aromatic carbocycles. The zero-order valence-corrected chi connectivity index (χ0v) is 9.84. The maximum atomic E-state index is 11.0. The summed E-state index contributed by atoms with van der Waals surface area (Å²) in [5.74, 6) is 0.364. The van der Waals surface area contributed by atoms with Gasteiger partial charge >= 0.3 is 11.8 Å². The third kappa shape index (κ3) is 3.00. The van der Waals surface area contributed by atoms with Gasteiger partial charge in [-0.15, -0.1) is 0 Å². The van der Waals surface area contributed by atoms with Crippen LogP contribution in [0.25, 0.3) is 0 Å². The summed E-state index contributed by atoms with van der Waals surface area (Å²) in [6.45, 7) is -0.334. The highest BCUT2D eigenvalue weighted by Gasteiger charge is 2.23. The summed E-state index contributed by atoms with van der Waals surface area (Å²) >= 11 is 0. The molecule has 0 saturated heterocycles. The lowest BCUT2D eigenvalue weighted by molar-refractivity contribution is -0.386. The van der Waals surface area contributed by atoms with Gasteiger partial charge in [0.25, 0.3) is 0 Å². The van der Waals surface area contributed by atoms with Gasteiger partial charge in [0.15, 0.2) is 0 Å². The number of carbonyl (C=O) groups is 1. The van der Waals surface area contributed by atoms with Crippen LogP contribution in [0.3, 0.4) is 0 Å². The summed E-state index contributed by atoms with van der Waals surface area (Å²) in [5, 5.41) is 11.0. The lowest BCUT2D eigenvalue weighted by Gasteiger charge is -2.09. The van der Waals surface area contributed by atoms with Crippen molar-refractivity contribution < 1.29 is 23.9 Å². The van der Waals surface area contributed by atoms with Crippen molar-refractivity contribution in [3.63, 3.8) is 0 Å². The molecule has 0 aliphatic rings. The topological polar surface area (TPSA) is 114 Å². The number of nitrogens with two attached hydrogens (primary N) is 1. The zero-order chi connectivity index (χ0) is 13.7. The third-order valence-electron chi connectivity index (χ3n) is 2.14. The second-order valence-electron chi connectivity index (χ2n) is 3.20. The summed E-state index contributed by atoms with van der Waals surface area (Å²) in [6, 6.07) is 2.75. The highest BCUT2D eigenvalue weighted by Crippen LogP contribution is 2.35. The van der Waals surface area contributed by atoms with Crippen molar-refractivity contribution in [3.8, 4) is 11.5 Å². The number of nitro groups is 1. The van der Waals surface area contributed by atoms with Crippen LogP contribution in [-0.2, 0) is 11.3 Å². The van der Waals surface area contributed by atoms with E-state index in [2.05, 4.69) is 4.74 Å². The predicted octanol–water partition coefficient (Wildman–Crippen LogP) is 1.21. The van der Waals surface area contributed by atoms with Crippen molar-refractivity contribution in [1.29, 1.82) is 0 Å². The summed E-state index contributed by atoms with van der Waals surface area (Å²) in [5.41, 5.74) is 4.66. The van der Waals surface area contributed by atoms with Gasteiger partial charge in [-0.1, -0.05) is 0 Å². The van der Waals surface area contributed by atoms with E-state index in [0.29, 0.717) is 5.75 Å². The van der Waals surface area contributed by atoms with Crippen LogP contribution in [0.15, 0.2) is 12.1 Å². The normalized spacial score (nSPS) is 9.67. The van der Waals surface area contributed by atoms with Crippen LogP contribution >= 0.6 is 0 Å². The fraction of sp³-hybridized carbons (Fsp3) is 0.300. The standard InChI is InChI=1S/C10H12N2O6/c1-16-7-3-6(5-18-10(11)13)9(12(14)15)8(4-7)17-2/h3-4H,5H2,1-2H3,(H2,11,13). The minimum Gasteiger partial charge on any atom is -0.497 e. The molecule has 0 unspecified atom stereocenters. The van der Waals surface area contributed by atoms with Gasteiger partial charge < -0.3 is 19.9 Å². The molecule has 18 heavy (non-hydrogen) atoms. The first kappa shape index (κ1) is 13.6. The first-order valence-corrected chi connectivity index (χ1v) is 4.81. The third-order valence-corrected chi connectivity index (χ3v) is 2.14. The summed E-state index contributed by atoms with van der Waals surface area (Å²) < 4.78 is 14.4. The maximum Gasteiger partial charge on any atom is 0.404 e. The molecule has 0 spiro atoms. The SMILES string of the molecule is COc1cc(COC(N)=O)c([N+](=O)[O-])c(OC)c1. The second-order valence-corrected chi connectivity index (χ2v) is 3.20. The molecule has 0 aromatic heterocycles. The minimum absolute atomic E-state index is 0.0161. The number of methoxy groups -OCH3 is 2. The molecule has 98 valence electrons. The minimum atomic E-state index is -1.02. The number of benzene rings is 1. The molecule has 8 heteroatoms. The molecule has 0 aliphatic heterocycles. The summed E-state index contributed by atoms with van der Waals surface area (Å²) in [4.78, 5) is 20.9. The van der Waals surface area contributed by atoms with Crippen LogP contribution in [0.4, 0.5) is 10.5 Å². The van der Waals surface area contributed by atoms with E-state index in [9.17, 15) is 14.9 Å². The molecule has 2 N–H and O–H groups in total. The fourth-order valence-electron chi connectivity index (χ4n) is 1.38. The lowest BCUT2D eigenvalue weighted by atomic mass is 10.1. The van der Waals surface area contributed by atoms with Crippen LogP contribution in [-0.4, -0.2) is 25.2 Å². The molecule has 1 amide bonds. The van der Waals surface area contributed by atoms with Crippen molar-refractivity contribution in [3.05, 3.63) is 27.8 Å². The maximum absolute atomic E-state index is 11.0. The van der Waals surface area contributed by atoms with Crippen molar-refractivity contribution in [1.82, 2.24) is 0 Å². The van der Waals surface area contributed by atoms with Crippen LogP contribution in [0.5, 0.6) is 11.5 Å². The van der Waals surface area contributed by atoms with Crippen molar-refractivity contribution >= 4 is 11.8 Å². The number of nitro benzene ring substituents is 1. The van der Waals surface area contributed by atoms with Crippen molar-refractivity contribution in [2.45, 2.75) is 6.61 Å². The molecule has 0 bridgehead atoms. The number of ether oxygens (including phenoxy) is 3. The molecule has 8 nitrogen and oxygen atoms in total. The Balaban J connectivity index is 3.25. The number of hydrogen-bond donors (Lipinski definition) is 1. The van der Waals surface area contributed by atoms with Gasteiger partial charge in [0.2, 0.25) is 5.75 Å². The highest BCUT2D eigenvalue weighted by atomic mass is 16.6. The molecule has 1 rings (SSSR count). The number of nitrogens with zero attached hydrogens (tertiary/aromatic N) is 1. The average Bonchev–Trinajstić information content (AvgIpc) is 2.34. The Morgan fingerprint density at radius 1 is 1.39 bits per heavy atom. The van der Waals surface area contributed by atoms with Gasteiger partial charge in [-0.3, -0.25) is 10.1 Å². The average molecular weight is 256 g/mol. The van der Waals surface area contributed by atoms with Gasteiger partial charge in [-0.2, -0.15) is 0 Å². The van der Waals surface area contributed by atoms with Gasteiger partial charge in [0, 0.05) is 6.07 Å². The lowest BCUT2D eigenvalue weighted by Crippen LogP contribution is -2.13. The van der Waals surface area contributed by atoms with E-state index >= 15 is 0 Å². The van der Waals surface area contributed by atoms with E-state index in [1.807, 2.05) is 0 Å². The predicted molar refractivity (Wildman–Crippen MR) is 60.6 cm³/mol. The Labute approximate surface area is 102 Å². The molecule has 0 aliphatic carbocycles. The Hall–Kier alpha value is -2.51. The number of carbonyl (C=O) groups excluding carboxylic acids is 1. The van der Waals surface area contributed by atoms with Crippen molar-refractivity contribution in [2.24, 2.45) is 5.73 Å². The molecule has 1 aromatic rings. The van der Waals surface area contributed by atoms with E-state index < -0.39 is 11.0 Å². The number of hydrogen-bond acceptors (Lipinski definition) is 6. The molecular formula is C10H12N2O6. The van der Waals surface area contributed by atoms with Crippen LogP contribution in [0.1, 0.15) is 5.56 Å². The number of amides is 1. The number of rotatable bonds is 5. The molecule has 0 saturated carbocycles. The highest BCUT2D eigenvalue weighted by molar-refractivity contribution is 5.65. The summed E-state index contributed by atoms with van der Waals surface area (Å²) in [7, 11) is 2.69. The van der Waals surface area contributed by atoms with Crippen LogP contribution in [0.2, 0.25) is 0 Å². The Morgan fingerprint density at radius 3 is 2.50 bits per heavy atom. The molecule has 0 atom stereocenters. The first-order chi connectivity index (χ1) is 8.49. The molecule has 0 heterocycles. The Bertz CT molecular complexity index is 474. The Kier molecular flexibility index (Phi) is 4.30. The van der Waals surface area contributed by atoms with Gasteiger partial charge in [-0.05, 0) is 6.07 Å². The zero-order valence-electron chi connectivity index (χ0n) is 9.84. The fourth-order valence-corrected chi connectivity index (χ4v) is 1.38. The van der Waals surface area contributed by atoms with Gasteiger partial charge in [-0.25, -0.2) is 4.79 Å². The number of primary amides is 1. The van der Waals surface area contributed by atoms with Gasteiger partial charge in [0.05, 0.1) is 24.7 Å². The molecule has 0 radical (unpaired) electrons. The second kappa shape index (κ2) is 5.71. The van der Waals surface area contributed by atoms with Crippen molar-refractivity contribution in [2.75, 3.05) is 14.2 Å².